The fourth-order valence-electron chi connectivity index (χ4n) is 4.96. The molecule has 11 heteroatoms. The zero-order valence-electron chi connectivity index (χ0n) is 20.0. The van der Waals surface area contributed by atoms with E-state index >= 15 is 0 Å². The Labute approximate surface area is 221 Å². The van der Waals surface area contributed by atoms with Crippen molar-refractivity contribution in [3.63, 3.8) is 0 Å². The molecular formula is C27H23N5O5S. The smallest absolute Gasteiger partial charge is 0.404 e. The number of hydrogen-bond acceptors (Lipinski definition) is 6. The van der Waals surface area contributed by atoms with Crippen LogP contribution in [-0.2, 0) is 0 Å². The average molecular weight is 530 g/mol. The quantitative estimate of drug-likeness (QED) is 0.254. The van der Waals surface area contributed by atoms with Gasteiger partial charge < -0.3 is 25.8 Å². The Hall–Kier alpha value is -4.64. The van der Waals surface area contributed by atoms with Gasteiger partial charge in [-0.05, 0) is 61.7 Å². The van der Waals surface area contributed by atoms with Crippen LogP contribution in [0.3, 0.4) is 0 Å². The number of urea groups is 1. The summed E-state index contributed by atoms with van der Waals surface area (Å²) >= 11 is 1.21. The first-order valence-corrected chi connectivity index (χ1v) is 12.9. The molecule has 0 unspecified atom stereocenters. The number of nitrogens with one attached hydrogen (secondary N) is 3. The topological polar surface area (TPSA) is 133 Å². The van der Waals surface area contributed by atoms with Crippen molar-refractivity contribution in [3.05, 3.63) is 71.7 Å². The molecule has 2 atom stereocenters. The first kappa shape index (κ1) is 23.7. The summed E-state index contributed by atoms with van der Waals surface area (Å²) in [7, 11) is 0. The summed E-state index contributed by atoms with van der Waals surface area (Å²) in [6.07, 6.45) is 2.40. The molecule has 10 nitrogen and oxygen atoms in total. The molecule has 0 saturated heterocycles. The van der Waals surface area contributed by atoms with Crippen molar-refractivity contribution in [2.75, 3.05) is 10.2 Å². The molecule has 2 aromatic heterocycles. The minimum Gasteiger partial charge on any atom is -0.465 e. The summed E-state index contributed by atoms with van der Waals surface area (Å²) in [6, 6.07) is 17.6. The Bertz CT molecular complexity index is 1540. The van der Waals surface area contributed by atoms with Crippen molar-refractivity contribution in [1.82, 2.24) is 15.6 Å². The maximum absolute atomic E-state index is 13.3. The summed E-state index contributed by atoms with van der Waals surface area (Å²) in [4.78, 5) is 44.4. The predicted molar refractivity (Wildman–Crippen MR) is 144 cm³/mol. The predicted octanol–water partition coefficient (Wildman–Crippen LogP) is 5.69. The molecule has 2 aliphatic rings. The molecule has 6 rings (SSSR count). The van der Waals surface area contributed by atoms with Gasteiger partial charge in [0.1, 0.15) is 21.2 Å². The van der Waals surface area contributed by atoms with Crippen LogP contribution in [0.5, 0.6) is 11.5 Å². The summed E-state index contributed by atoms with van der Waals surface area (Å²) < 4.78 is 5.87. The lowest BCUT2D eigenvalue weighted by Gasteiger charge is -2.28. The Balaban J connectivity index is 1.26. The number of carboxylic acid groups (broad SMARTS) is 1. The van der Waals surface area contributed by atoms with Gasteiger partial charge in [-0.25, -0.2) is 14.6 Å². The van der Waals surface area contributed by atoms with Gasteiger partial charge in [0.2, 0.25) is 0 Å². The number of hydrogen-bond donors (Lipinski definition) is 4. The number of benzene rings is 2. The van der Waals surface area contributed by atoms with Gasteiger partial charge in [-0.1, -0.05) is 18.2 Å². The fourth-order valence-corrected chi connectivity index (χ4v) is 5.98. The molecule has 1 fully saturated rings. The van der Waals surface area contributed by atoms with E-state index in [1.807, 2.05) is 30.3 Å². The van der Waals surface area contributed by atoms with Gasteiger partial charge in [0.05, 0.1) is 22.4 Å². The highest BCUT2D eigenvalue weighted by Crippen LogP contribution is 2.46. The van der Waals surface area contributed by atoms with Gasteiger partial charge >= 0.3 is 12.1 Å². The molecule has 1 aliphatic heterocycles. The minimum absolute atomic E-state index is 0.156. The number of carbonyl (C=O) groups excluding carboxylic acids is 2. The Morgan fingerprint density at radius 1 is 1.00 bits per heavy atom. The highest BCUT2D eigenvalue weighted by molar-refractivity contribution is 7.21. The SMILES string of the molecule is O=C(O)N[C@@H]1CC[C@H](NC(=O)c2sc3nccc4c3c2NC(=O)N4c2ccc(Oc3ccccc3)cc2)C1. The summed E-state index contributed by atoms with van der Waals surface area (Å²) in [5.41, 5.74) is 1.71. The lowest BCUT2D eigenvalue weighted by molar-refractivity contribution is 0.0942. The number of amides is 4. The summed E-state index contributed by atoms with van der Waals surface area (Å²) in [5, 5.41) is 18.0. The maximum atomic E-state index is 13.3. The number of thiophene rings is 1. The van der Waals surface area contributed by atoms with E-state index < -0.39 is 6.09 Å². The molecule has 1 aliphatic carbocycles. The number of ether oxygens (including phenoxy) is 1. The molecule has 2 aromatic carbocycles. The molecular weight excluding hydrogens is 506 g/mol. The van der Waals surface area contributed by atoms with Crippen LogP contribution in [0, 0.1) is 0 Å². The van der Waals surface area contributed by atoms with Crippen molar-refractivity contribution >= 4 is 56.6 Å². The van der Waals surface area contributed by atoms with Crippen LogP contribution in [0.2, 0.25) is 0 Å². The van der Waals surface area contributed by atoms with E-state index in [-0.39, 0.29) is 24.0 Å². The third-order valence-corrected chi connectivity index (χ3v) is 7.72. The van der Waals surface area contributed by atoms with Crippen LogP contribution < -0.4 is 25.6 Å². The first-order chi connectivity index (χ1) is 18.5. The zero-order valence-corrected chi connectivity index (χ0v) is 20.8. The third-order valence-electron chi connectivity index (χ3n) is 6.62. The molecule has 0 spiro atoms. The van der Waals surface area contributed by atoms with Crippen molar-refractivity contribution in [2.24, 2.45) is 0 Å². The van der Waals surface area contributed by atoms with E-state index in [1.165, 1.54) is 11.3 Å². The van der Waals surface area contributed by atoms with Crippen LogP contribution in [0.4, 0.5) is 26.7 Å². The van der Waals surface area contributed by atoms with Gasteiger partial charge in [-0.3, -0.25) is 9.69 Å². The minimum atomic E-state index is -1.07. The largest absolute Gasteiger partial charge is 0.465 e. The highest BCUT2D eigenvalue weighted by Gasteiger charge is 2.34. The van der Waals surface area contributed by atoms with Crippen LogP contribution in [-0.4, -0.2) is 40.2 Å². The molecule has 192 valence electrons. The van der Waals surface area contributed by atoms with Gasteiger partial charge in [0, 0.05) is 18.3 Å². The number of aromatic nitrogens is 1. The Morgan fingerprint density at radius 3 is 2.45 bits per heavy atom. The van der Waals surface area contributed by atoms with E-state index in [2.05, 4.69) is 20.9 Å². The lowest BCUT2D eigenvalue weighted by Crippen LogP contribution is -2.37. The van der Waals surface area contributed by atoms with Crippen LogP contribution in [0.1, 0.15) is 28.9 Å². The number of carbonyl (C=O) groups is 3. The van der Waals surface area contributed by atoms with Crippen molar-refractivity contribution in [2.45, 2.75) is 31.3 Å². The molecule has 0 bridgehead atoms. The van der Waals surface area contributed by atoms with E-state index in [1.54, 1.807) is 41.4 Å². The zero-order chi connectivity index (χ0) is 26.2. The van der Waals surface area contributed by atoms with Gasteiger partial charge in [-0.15, -0.1) is 11.3 Å². The molecule has 4 aromatic rings. The Morgan fingerprint density at radius 2 is 1.71 bits per heavy atom. The molecule has 3 heterocycles. The Kier molecular flexibility index (Phi) is 6.04. The molecule has 4 N–H and O–H groups in total. The van der Waals surface area contributed by atoms with Gasteiger partial charge in [0.15, 0.2) is 0 Å². The van der Waals surface area contributed by atoms with Crippen molar-refractivity contribution in [1.29, 1.82) is 0 Å². The normalized spacial score (nSPS) is 18.2. The monoisotopic (exact) mass is 529 g/mol. The van der Waals surface area contributed by atoms with Crippen molar-refractivity contribution in [3.8, 4) is 11.5 Å². The van der Waals surface area contributed by atoms with E-state index in [4.69, 9.17) is 9.84 Å². The molecule has 38 heavy (non-hydrogen) atoms. The summed E-state index contributed by atoms with van der Waals surface area (Å²) in [6.45, 7) is 0. The second-order valence-electron chi connectivity index (χ2n) is 9.12. The van der Waals surface area contributed by atoms with E-state index in [9.17, 15) is 14.4 Å². The molecule has 1 saturated carbocycles. The number of nitrogens with zero attached hydrogens (tertiary/aromatic N) is 2. The number of anilines is 3. The van der Waals surface area contributed by atoms with Crippen LogP contribution >= 0.6 is 11.3 Å². The van der Waals surface area contributed by atoms with Crippen LogP contribution in [0.25, 0.3) is 10.2 Å². The lowest BCUT2D eigenvalue weighted by atomic mass is 10.1. The molecule has 0 radical (unpaired) electrons. The second-order valence-corrected chi connectivity index (χ2v) is 10.1. The van der Waals surface area contributed by atoms with Gasteiger partial charge in [0.25, 0.3) is 5.91 Å². The maximum Gasteiger partial charge on any atom is 0.404 e. The third kappa shape index (κ3) is 4.48. The average Bonchev–Trinajstić information content (AvgIpc) is 3.50. The number of para-hydroxylation sites is 1. The van der Waals surface area contributed by atoms with Gasteiger partial charge in [-0.2, -0.15) is 0 Å². The fraction of sp³-hybridized carbons (Fsp3) is 0.185. The number of rotatable bonds is 6. The van der Waals surface area contributed by atoms with Crippen molar-refractivity contribution < 1.29 is 24.2 Å². The molecule has 4 amide bonds. The second kappa shape index (κ2) is 9.67. The number of pyridine rings is 1. The highest BCUT2D eigenvalue weighted by atomic mass is 32.1. The standard InChI is InChI=1S/C27H23N5O5S/c33-24(29-15-6-7-16(14-15)30-27(35)36)23-22-21-20(12-13-28-25(21)38-23)32(26(34)31-22)17-8-10-19(11-9-17)37-18-4-2-1-3-5-18/h1-5,8-13,15-16,30H,6-7,14H2,(H,29,33)(H,31,34)(H,35,36)/t15-,16+/m0/s1. The van der Waals surface area contributed by atoms with Crippen LogP contribution in [0.15, 0.2) is 66.9 Å². The first-order valence-electron chi connectivity index (χ1n) is 12.1. The van der Waals surface area contributed by atoms with E-state index in [0.29, 0.717) is 62.9 Å². The summed E-state index contributed by atoms with van der Waals surface area (Å²) in [5.74, 6) is 1.04. The van der Waals surface area contributed by atoms with E-state index in [0.717, 1.165) is 0 Å².